The summed E-state index contributed by atoms with van der Waals surface area (Å²) in [5, 5.41) is 2.82. The van der Waals surface area contributed by atoms with Crippen LogP contribution in [0, 0.1) is 0 Å². The number of aromatic amines is 2. The molecule has 0 fully saturated rings. The first-order valence-corrected chi connectivity index (χ1v) is 8.89. The van der Waals surface area contributed by atoms with Gasteiger partial charge < -0.3 is 24.8 Å². The molecular formula is C18H14BrN3O5. The molecule has 3 aromatic rings. The molecule has 2 heterocycles. The molecule has 0 atom stereocenters. The van der Waals surface area contributed by atoms with Gasteiger partial charge in [-0.25, -0.2) is 0 Å². The minimum absolute atomic E-state index is 0.177. The van der Waals surface area contributed by atoms with Gasteiger partial charge in [0, 0.05) is 11.0 Å². The van der Waals surface area contributed by atoms with Gasteiger partial charge in [0.05, 0.1) is 17.5 Å². The van der Waals surface area contributed by atoms with Crippen molar-refractivity contribution < 1.29 is 14.3 Å². The topological polar surface area (TPSA) is 113 Å². The van der Waals surface area contributed by atoms with Gasteiger partial charge in [-0.2, -0.15) is 0 Å². The van der Waals surface area contributed by atoms with Gasteiger partial charge in [-0.3, -0.25) is 14.4 Å². The first kappa shape index (κ1) is 17.3. The Hall–Kier alpha value is -3.07. The lowest BCUT2D eigenvalue weighted by Crippen LogP contribution is -2.30. The summed E-state index contributed by atoms with van der Waals surface area (Å²) in [5.41, 5.74) is 0.969. The van der Waals surface area contributed by atoms with Crippen molar-refractivity contribution in [2.45, 2.75) is 13.0 Å². The second kappa shape index (κ2) is 6.92. The SMILES string of the molecule is O=C(Cc1ccc2c(c1)OCO2)NCc1cc(Br)cc2[nH]c(=O)c(=O)[nH]c12. The average molecular weight is 432 g/mol. The molecule has 0 radical (unpaired) electrons. The lowest BCUT2D eigenvalue weighted by Gasteiger charge is -2.09. The van der Waals surface area contributed by atoms with Crippen LogP contribution < -0.4 is 25.9 Å². The number of carbonyl (C=O) groups excluding carboxylic acids is 1. The molecule has 0 aliphatic carbocycles. The molecule has 2 aromatic carbocycles. The number of hydrogen-bond acceptors (Lipinski definition) is 5. The predicted molar refractivity (Wildman–Crippen MR) is 101 cm³/mol. The van der Waals surface area contributed by atoms with Crippen molar-refractivity contribution in [2.75, 3.05) is 6.79 Å². The van der Waals surface area contributed by atoms with Crippen LogP contribution in [-0.2, 0) is 17.8 Å². The van der Waals surface area contributed by atoms with E-state index in [1.165, 1.54) is 0 Å². The van der Waals surface area contributed by atoms with Gasteiger partial charge >= 0.3 is 11.1 Å². The van der Waals surface area contributed by atoms with Crippen molar-refractivity contribution in [2.24, 2.45) is 0 Å². The molecule has 1 aromatic heterocycles. The third kappa shape index (κ3) is 3.59. The van der Waals surface area contributed by atoms with E-state index in [2.05, 4.69) is 31.2 Å². The maximum Gasteiger partial charge on any atom is 0.314 e. The molecule has 27 heavy (non-hydrogen) atoms. The summed E-state index contributed by atoms with van der Waals surface area (Å²) in [5.74, 6) is 1.10. The van der Waals surface area contributed by atoms with Crippen molar-refractivity contribution in [1.82, 2.24) is 15.3 Å². The number of fused-ring (bicyclic) bond motifs is 2. The van der Waals surface area contributed by atoms with Gasteiger partial charge in [-0.15, -0.1) is 0 Å². The molecule has 138 valence electrons. The van der Waals surface area contributed by atoms with Crippen LogP contribution in [0.3, 0.4) is 0 Å². The predicted octanol–water partition coefficient (Wildman–Crippen LogP) is 1.57. The molecule has 4 rings (SSSR count). The van der Waals surface area contributed by atoms with Crippen molar-refractivity contribution in [3.63, 3.8) is 0 Å². The average Bonchev–Trinajstić information content (AvgIpc) is 3.09. The summed E-state index contributed by atoms with van der Waals surface area (Å²) in [6, 6.07) is 8.82. The number of hydrogen-bond donors (Lipinski definition) is 3. The zero-order valence-electron chi connectivity index (χ0n) is 13.9. The Morgan fingerprint density at radius 2 is 1.85 bits per heavy atom. The Morgan fingerprint density at radius 1 is 1.07 bits per heavy atom. The molecular weight excluding hydrogens is 418 g/mol. The molecule has 9 heteroatoms. The highest BCUT2D eigenvalue weighted by molar-refractivity contribution is 9.10. The number of H-pyrrole nitrogens is 2. The second-order valence-electron chi connectivity index (χ2n) is 6.04. The third-order valence-corrected chi connectivity index (χ3v) is 4.61. The van der Waals surface area contributed by atoms with Crippen LogP contribution in [-0.4, -0.2) is 22.7 Å². The molecule has 0 saturated heterocycles. The summed E-state index contributed by atoms with van der Waals surface area (Å²) in [6.45, 7) is 0.378. The van der Waals surface area contributed by atoms with Gasteiger partial charge in [0.15, 0.2) is 11.5 Å². The van der Waals surface area contributed by atoms with Gasteiger partial charge in [0.2, 0.25) is 12.7 Å². The van der Waals surface area contributed by atoms with E-state index in [1.54, 1.807) is 24.3 Å². The number of amides is 1. The molecule has 0 saturated carbocycles. The Kier molecular flexibility index (Phi) is 4.44. The van der Waals surface area contributed by atoms with Crippen LogP contribution in [0.4, 0.5) is 0 Å². The first-order chi connectivity index (χ1) is 13.0. The van der Waals surface area contributed by atoms with Crippen molar-refractivity contribution in [3.05, 3.63) is 66.6 Å². The number of halogens is 1. The lowest BCUT2D eigenvalue weighted by molar-refractivity contribution is -0.120. The van der Waals surface area contributed by atoms with Crippen molar-refractivity contribution >= 4 is 32.9 Å². The lowest BCUT2D eigenvalue weighted by atomic mass is 10.1. The summed E-state index contributed by atoms with van der Waals surface area (Å²) in [6.07, 6.45) is 0.177. The Bertz CT molecular complexity index is 1170. The summed E-state index contributed by atoms with van der Waals surface area (Å²) < 4.78 is 11.3. The summed E-state index contributed by atoms with van der Waals surface area (Å²) in [7, 11) is 0. The highest BCUT2D eigenvalue weighted by Gasteiger charge is 2.15. The highest BCUT2D eigenvalue weighted by Crippen LogP contribution is 2.32. The molecule has 1 aliphatic heterocycles. The van der Waals surface area contributed by atoms with Crippen LogP contribution in [0.1, 0.15) is 11.1 Å². The molecule has 8 nitrogen and oxygen atoms in total. The quantitative estimate of drug-likeness (QED) is 0.542. The van der Waals surface area contributed by atoms with Gasteiger partial charge in [0.25, 0.3) is 0 Å². The maximum absolute atomic E-state index is 12.3. The Morgan fingerprint density at radius 3 is 2.70 bits per heavy atom. The summed E-state index contributed by atoms with van der Waals surface area (Å²) >= 11 is 3.36. The largest absolute Gasteiger partial charge is 0.454 e. The fourth-order valence-corrected chi connectivity index (χ4v) is 3.40. The zero-order valence-corrected chi connectivity index (χ0v) is 15.5. The monoisotopic (exact) mass is 431 g/mol. The van der Waals surface area contributed by atoms with Crippen LogP contribution >= 0.6 is 15.9 Å². The smallest absolute Gasteiger partial charge is 0.314 e. The van der Waals surface area contributed by atoms with E-state index in [0.29, 0.717) is 28.1 Å². The van der Waals surface area contributed by atoms with E-state index in [0.717, 1.165) is 10.0 Å². The minimum Gasteiger partial charge on any atom is -0.454 e. The maximum atomic E-state index is 12.3. The third-order valence-electron chi connectivity index (χ3n) is 4.16. The first-order valence-electron chi connectivity index (χ1n) is 8.09. The number of carbonyl (C=O) groups is 1. The minimum atomic E-state index is -0.738. The van der Waals surface area contributed by atoms with Gasteiger partial charge in [-0.1, -0.05) is 22.0 Å². The molecule has 1 amide bonds. The van der Waals surface area contributed by atoms with Crippen LogP contribution in [0.15, 0.2) is 44.4 Å². The second-order valence-corrected chi connectivity index (χ2v) is 6.95. The molecule has 0 unspecified atom stereocenters. The molecule has 3 N–H and O–H groups in total. The number of aromatic nitrogens is 2. The number of ether oxygens (including phenoxy) is 2. The molecule has 0 spiro atoms. The van der Waals surface area contributed by atoms with Gasteiger partial charge in [0.1, 0.15) is 0 Å². The molecule has 1 aliphatic rings. The summed E-state index contributed by atoms with van der Waals surface area (Å²) in [4.78, 5) is 40.5. The van der Waals surface area contributed by atoms with Crippen molar-refractivity contribution in [1.29, 1.82) is 0 Å². The van der Waals surface area contributed by atoms with E-state index in [9.17, 15) is 14.4 Å². The number of rotatable bonds is 4. The number of benzene rings is 2. The zero-order chi connectivity index (χ0) is 19.0. The fraction of sp³-hybridized carbons (Fsp3) is 0.167. The normalized spacial score (nSPS) is 12.3. The molecule has 0 bridgehead atoms. The van der Waals surface area contributed by atoms with E-state index < -0.39 is 11.1 Å². The Balaban J connectivity index is 1.51. The van der Waals surface area contributed by atoms with E-state index >= 15 is 0 Å². The van der Waals surface area contributed by atoms with E-state index in [1.807, 2.05) is 6.07 Å². The van der Waals surface area contributed by atoms with Crippen LogP contribution in [0.5, 0.6) is 11.5 Å². The van der Waals surface area contributed by atoms with Crippen LogP contribution in [0.25, 0.3) is 11.0 Å². The van der Waals surface area contributed by atoms with E-state index in [4.69, 9.17) is 9.47 Å². The van der Waals surface area contributed by atoms with E-state index in [-0.39, 0.29) is 25.7 Å². The standard InChI is InChI=1S/C18H14BrN3O5/c19-11-5-10(16-12(6-11)21-17(24)18(25)22-16)7-20-15(23)4-9-1-2-13-14(3-9)27-8-26-13/h1-3,5-6H,4,7-8H2,(H,20,23)(H,21,24)(H,22,25). The highest BCUT2D eigenvalue weighted by atomic mass is 79.9. The fourth-order valence-electron chi connectivity index (χ4n) is 2.89. The number of nitrogens with one attached hydrogen (secondary N) is 3. The van der Waals surface area contributed by atoms with Crippen LogP contribution in [0.2, 0.25) is 0 Å². The van der Waals surface area contributed by atoms with Gasteiger partial charge in [-0.05, 0) is 35.4 Å². The van der Waals surface area contributed by atoms with Crippen molar-refractivity contribution in [3.8, 4) is 11.5 Å². The Labute approximate surface area is 160 Å².